The van der Waals surface area contributed by atoms with Crippen LogP contribution in [0, 0.1) is 0 Å². The minimum absolute atomic E-state index is 0.650. The molecule has 0 fully saturated rings. The first-order valence-corrected chi connectivity index (χ1v) is 16.3. The molecule has 0 radical (unpaired) electrons. The highest BCUT2D eigenvalue weighted by atomic mass is 16.5. The Morgan fingerprint density at radius 2 is 1.27 bits per heavy atom. The summed E-state index contributed by atoms with van der Waals surface area (Å²) in [4.78, 5) is 10.7. The van der Waals surface area contributed by atoms with Crippen molar-refractivity contribution >= 4 is 66.2 Å². The van der Waals surface area contributed by atoms with E-state index in [0.717, 1.165) is 57.2 Å². The zero-order valence-electron chi connectivity index (χ0n) is 25.8. The molecule has 9 aromatic rings. The largest absolute Gasteiger partial charge is 0.456 e. The van der Waals surface area contributed by atoms with Gasteiger partial charge in [-0.25, -0.2) is 9.97 Å². The van der Waals surface area contributed by atoms with Gasteiger partial charge in [-0.05, 0) is 66.4 Å². The van der Waals surface area contributed by atoms with E-state index in [0.29, 0.717) is 5.95 Å². The number of hydrogen-bond acceptors (Lipinski definition) is 3. The summed E-state index contributed by atoms with van der Waals surface area (Å²) in [7, 11) is 0. The minimum Gasteiger partial charge on any atom is -0.456 e. The van der Waals surface area contributed by atoms with Crippen molar-refractivity contribution in [1.82, 2.24) is 19.1 Å². The molecule has 5 heteroatoms. The van der Waals surface area contributed by atoms with Gasteiger partial charge in [0, 0.05) is 38.2 Å². The summed E-state index contributed by atoms with van der Waals surface area (Å²) in [6.07, 6.45) is 7.15. The first-order valence-electron chi connectivity index (χ1n) is 16.3. The molecule has 0 atom stereocenters. The highest BCUT2D eigenvalue weighted by molar-refractivity contribution is 6.27. The molecule has 0 spiro atoms. The highest BCUT2D eigenvalue weighted by Crippen LogP contribution is 2.45. The van der Waals surface area contributed by atoms with Crippen LogP contribution in [0.3, 0.4) is 0 Å². The van der Waals surface area contributed by atoms with Gasteiger partial charge in [-0.2, -0.15) is 0 Å². The van der Waals surface area contributed by atoms with Crippen LogP contribution in [0.15, 0.2) is 140 Å². The summed E-state index contributed by atoms with van der Waals surface area (Å²) in [6.45, 7) is 0. The van der Waals surface area contributed by atoms with Gasteiger partial charge in [0.25, 0.3) is 0 Å². The van der Waals surface area contributed by atoms with Gasteiger partial charge in [0.05, 0.1) is 39.0 Å². The molecule has 0 saturated carbocycles. The van der Waals surface area contributed by atoms with Crippen molar-refractivity contribution in [2.24, 2.45) is 0 Å². The number of ether oxygens (including phenoxy) is 1. The van der Waals surface area contributed by atoms with Gasteiger partial charge in [0.1, 0.15) is 11.5 Å². The number of rotatable bonds is 2. The summed E-state index contributed by atoms with van der Waals surface area (Å²) in [6, 6.07) is 45.3. The fourth-order valence-corrected chi connectivity index (χ4v) is 7.94. The second-order valence-corrected chi connectivity index (χ2v) is 12.5. The summed E-state index contributed by atoms with van der Waals surface area (Å²) in [5.41, 5.74) is 9.40. The molecule has 0 bridgehead atoms. The standard InChI is InChI=1S/C43H26N4O/c1-2-12-26(13-3-1)46-35-19-9-5-15-31(35)39-28-22-23-29-27-14-4-8-18-34(27)47(42(29)30(28)24-25-36(39)46)43-44-33-17-7-11-21-38-40(33)41(45-43)32-16-6-10-20-37(32)48-38/h1-10,12-25H,11H2. The van der Waals surface area contributed by atoms with E-state index in [9.17, 15) is 0 Å². The molecule has 11 rings (SSSR count). The van der Waals surface area contributed by atoms with Crippen molar-refractivity contribution in [2.45, 2.75) is 6.42 Å². The maximum atomic E-state index is 6.39. The molecule has 1 aliphatic heterocycles. The van der Waals surface area contributed by atoms with Crippen molar-refractivity contribution in [3.8, 4) is 28.6 Å². The Bertz CT molecular complexity index is 2890. The van der Waals surface area contributed by atoms with E-state index in [1.54, 1.807) is 0 Å². The predicted octanol–water partition coefficient (Wildman–Crippen LogP) is 10.6. The average Bonchev–Trinajstić information content (AvgIpc) is 3.58. The number of allylic oxidation sites excluding steroid dienone is 2. The lowest BCUT2D eigenvalue weighted by molar-refractivity contribution is 0.508. The molecular weight excluding hydrogens is 589 g/mol. The Morgan fingerprint density at radius 1 is 0.562 bits per heavy atom. The number of nitrogens with zero attached hydrogens (tertiary/aromatic N) is 4. The van der Waals surface area contributed by atoms with Crippen LogP contribution in [0.1, 0.15) is 17.7 Å². The summed E-state index contributed by atoms with van der Waals surface area (Å²) < 4.78 is 11.0. The first-order chi connectivity index (χ1) is 23.8. The lowest BCUT2D eigenvalue weighted by atomic mass is 9.99. The maximum Gasteiger partial charge on any atom is 0.235 e. The fourth-order valence-electron chi connectivity index (χ4n) is 7.94. The summed E-state index contributed by atoms with van der Waals surface area (Å²) >= 11 is 0. The van der Waals surface area contributed by atoms with Crippen molar-refractivity contribution in [1.29, 1.82) is 0 Å². The first kappa shape index (κ1) is 25.7. The van der Waals surface area contributed by atoms with Gasteiger partial charge in [-0.1, -0.05) is 91.0 Å². The number of hydrogen-bond donors (Lipinski definition) is 0. The smallest absolute Gasteiger partial charge is 0.235 e. The summed E-state index contributed by atoms with van der Waals surface area (Å²) in [5.74, 6) is 2.29. The van der Waals surface area contributed by atoms with Crippen LogP contribution in [0.5, 0.6) is 5.75 Å². The van der Waals surface area contributed by atoms with Crippen molar-refractivity contribution in [3.05, 3.63) is 151 Å². The molecule has 2 aliphatic rings. The molecule has 48 heavy (non-hydrogen) atoms. The third-order valence-corrected chi connectivity index (χ3v) is 9.93. The number of aromatic nitrogens is 4. The number of benzene rings is 6. The van der Waals surface area contributed by atoms with Crippen molar-refractivity contribution < 1.29 is 4.74 Å². The van der Waals surface area contributed by atoms with E-state index in [4.69, 9.17) is 14.7 Å². The molecule has 5 nitrogen and oxygen atoms in total. The third kappa shape index (κ3) is 3.39. The second-order valence-electron chi connectivity index (χ2n) is 12.5. The Hall–Kier alpha value is -6.46. The van der Waals surface area contributed by atoms with E-state index < -0.39 is 0 Å². The van der Waals surface area contributed by atoms with E-state index >= 15 is 0 Å². The van der Waals surface area contributed by atoms with Gasteiger partial charge >= 0.3 is 0 Å². The molecule has 4 heterocycles. The van der Waals surface area contributed by atoms with Crippen LogP contribution in [-0.4, -0.2) is 19.1 Å². The molecule has 6 aromatic carbocycles. The summed E-state index contributed by atoms with van der Waals surface area (Å²) in [5, 5.41) is 7.20. The predicted molar refractivity (Wildman–Crippen MR) is 196 cm³/mol. The van der Waals surface area contributed by atoms with Crippen LogP contribution in [0.2, 0.25) is 0 Å². The molecule has 0 amide bonds. The zero-order chi connectivity index (χ0) is 31.3. The van der Waals surface area contributed by atoms with Crippen LogP contribution in [-0.2, 0) is 0 Å². The maximum absolute atomic E-state index is 6.39. The molecule has 0 saturated heterocycles. The normalized spacial score (nSPS) is 13.5. The molecule has 1 aliphatic carbocycles. The van der Waals surface area contributed by atoms with Crippen LogP contribution in [0.4, 0.5) is 0 Å². The quantitative estimate of drug-likeness (QED) is 0.195. The number of para-hydroxylation sites is 4. The SMILES string of the molecule is C1=Cc2nc(-n3c4ccccc4c4ccc5c(ccc6c5c5ccccc5n6-c5ccccc5)c43)nc3c2C(=CC1)Oc1ccccc1-3. The minimum atomic E-state index is 0.650. The molecule has 3 aromatic heterocycles. The average molecular weight is 615 g/mol. The molecule has 0 N–H and O–H groups in total. The Balaban J connectivity index is 1.28. The van der Waals surface area contributed by atoms with Gasteiger partial charge in [-0.15, -0.1) is 0 Å². The second kappa shape index (κ2) is 9.53. The van der Waals surface area contributed by atoms with Gasteiger partial charge in [-0.3, -0.25) is 4.57 Å². The molecular formula is C43H26N4O. The fraction of sp³-hybridized carbons (Fsp3) is 0.0233. The van der Waals surface area contributed by atoms with Crippen LogP contribution < -0.4 is 4.74 Å². The van der Waals surface area contributed by atoms with Crippen molar-refractivity contribution in [3.63, 3.8) is 0 Å². The number of fused-ring (bicyclic) bond motifs is 11. The highest BCUT2D eigenvalue weighted by Gasteiger charge is 2.29. The lowest BCUT2D eigenvalue weighted by Gasteiger charge is -2.23. The van der Waals surface area contributed by atoms with E-state index in [1.165, 1.54) is 43.4 Å². The van der Waals surface area contributed by atoms with Crippen LogP contribution >= 0.6 is 0 Å². The van der Waals surface area contributed by atoms with Gasteiger partial charge in [0.15, 0.2) is 0 Å². The lowest BCUT2D eigenvalue weighted by Crippen LogP contribution is -2.13. The van der Waals surface area contributed by atoms with Gasteiger partial charge in [0.2, 0.25) is 5.95 Å². The Labute approximate surface area is 275 Å². The van der Waals surface area contributed by atoms with Gasteiger partial charge < -0.3 is 9.30 Å². The van der Waals surface area contributed by atoms with E-state index in [2.05, 4.69) is 137 Å². The third-order valence-electron chi connectivity index (χ3n) is 9.93. The zero-order valence-corrected chi connectivity index (χ0v) is 25.8. The van der Waals surface area contributed by atoms with Crippen molar-refractivity contribution in [2.75, 3.05) is 0 Å². The van der Waals surface area contributed by atoms with E-state index in [1.807, 2.05) is 18.2 Å². The Kier molecular flexibility index (Phi) is 5.10. The monoisotopic (exact) mass is 614 g/mol. The van der Waals surface area contributed by atoms with E-state index in [-0.39, 0.29) is 0 Å². The molecule has 0 unspecified atom stereocenters. The topological polar surface area (TPSA) is 44.9 Å². The molecule has 224 valence electrons. The Morgan fingerprint density at radius 3 is 2.17 bits per heavy atom. The van der Waals surface area contributed by atoms with Crippen LogP contribution in [0.25, 0.3) is 89.1 Å².